The number of hydrogen-bond donors (Lipinski definition) is 1. The number of aromatic nitrogens is 5. The van der Waals surface area contributed by atoms with Gasteiger partial charge in [0, 0.05) is 43.2 Å². The van der Waals surface area contributed by atoms with Crippen molar-refractivity contribution in [1.82, 2.24) is 24.7 Å². The van der Waals surface area contributed by atoms with Gasteiger partial charge in [0.05, 0.1) is 23.6 Å². The van der Waals surface area contributed by atoms with Crippen molar-refractivity contribution in [3.05, 3.63) is 84.2 Å². The van der Waals surface area contributed by atoms with Gasteiger partial charge in [0.15, 0.2) is 0 Å². The maximum Gasteiger partial charge on any atom is 0.417 e. The fourth-order valence-electron chi connectivity index (χ4n) is 3.25. The van der Waals surface area contributed by atoms with E-state index in [2.05, 4.69) is 25.4 Å². The Hall–Kier alpha value is -4.22. The molecule has 0 radical (unpaired) electrons. The third-order valence-electron chi connectivity index (χ3n) is 4.92. The second-order valence-electron chi connectivity index (χ2n) is 7.58. The summed E-state index contributed by atoms with van der Waals surface area (Å²) in [5.41, 5.74) is 1.79. The van der Waals surface area contributed by atoms with Crippen molar-refractivity contribution in [2.75, 3.05) is 5.32 Å². The van der Waals surface area contributed by atoms with E-state index in [1.807, 2.05) is 0 Å². The van der Waals surface area contributed by atoms with Crippen LogP contribution in [0.4, 0.5) is 33.6 Å². The molecule has 0 aliphatic heterocycles. The number of carbonyl (C=O) groups is 1. The molecule has 3 aromatic heterocycles. The van der Waals surface area contributed by atoms with E-state index in [1.165, 1.54) is 12.4 Å². The first-order chi connectivity index (χ1) is 16.7. The van der Waals surface area contributed by atoms with Gasteiger partial charge in [0.1, 0.15) is 5.78 Å². The van der Waals surface area contributed by atoms with Gasteiger partial charge < -0.3 is 5.32 Å². The Morgan fingerprint density at radius 3 is 2.23 bits per heavy atom. The molecular weight excluding hydrogens is 471 g/mol. The molecule has 35 heavy (non-hydrogen) atoms. The molecule has 4 rings (SSSR count). The standard InChI is InChI=1S/C23H17F5N6O/c24-21(25)34-13-19(12-32-34)33-22-30-9-17(10-31-22)16-3-1-14(2-4-16)6-20(35)7-15-5-18(11-29-8-15)23(26,27)28/h1-5,8-13,21H,6-7H2,(H,30,31,33). The number of ketones is 1. The number of nitrogens with zero attached hydrogens (tertiary/aromatic N) is 5. The minimum Gasteiger partial charge on any atom is -0.321 e. The lowest BCUT2D eigenvalue weighted by atomic mass is 10.0. The molecule has 0 saturated heterocycles. The van der Waals surface area contributed by atoms with Gasteiger partial charge in [-0.25, -0.2) is 14.6 Å². The Kier molecular flexibility index (Phi) is 6.80. The minimum absolute atomic E-state index is 0.0577. The number of anilines is 2. The molecule has 0 atom stereocenters. The normalized spacial score (nSPS) is 11.6. The number of halogens is 5. The van der Waals surface area contributed by atoms with Crippen LogP contribution in [0.25, 0.3) is 11.1 Å². The summed E-state index contributed by atoms with van der Waals surface area (Å²) in [4.78, 5) is 24.2. The fourth-order valence-corrected chi connectivity index (χ4v) is 3.25. The molecule has 0 saturated carbocycles. The Labute approximate surface area is 195 Å². The lowest BCUT2D eigenvalue weighted by molar-refractivity contribution is -0.138. The Morgan fingerprint density at radius 2 is 1.60 bits per heavy atom. The van der Waals surface area contributed by atoms with Crippen LogP contribution in [0.1, 0.15) is 23.2 Å². The van der Waals surface area contributed by atoms with E-state index in [1.54, 1.807) is 36.7 Å². The molecule has 0 unspecified atom stereocenters. The Bertz CT molecular complexity index is 1300. The van der Waals surface area contributed by atoms with Gasteiger partial charge in [-0.05, 0) is 22.8 Å². The lowest BCUT2D eigenvalue weighted by Gasteiger charge is -2.08. The molecule has 3 heterocycles. The number of Topliss-reactive ketones (excluding diaryl/α,β-unsaturated/α-hetero) is 1. The summed E-state index contributed by atoms with van der Waals surface area (Å²) in [5, 5.41) is 6.30. The number of pyridine rings is 1. The molecular formula is C23H17F5N6O. The number of rotatable bonds is 8. The maximum atomic E-state index is 12.8. The predicted octanol–water partition coefficient (Wildman–Crippen LogP) is 5.25. The highest BCUT2D eigenvalue weighted by molar-refractivity contribution is 5.83. The summed E-state index contributed by atoms with van der Waals surface area (Å²) in [6.07, 6.45) is 2.82. The molecule has 4 aromatic rings. The van der Waals surface area contributed by atoms with Crippen LogP contribution in [0.3, 0.4) is 0 Å². The maximum absolute atomic E-state index is 12.8. The van der Waals surface area contributed by atoms with E-state index >= 15 is 0 Å². The summed E-state index contributed by atoms with van der Waals surface area (Å²) < 4.78 is 64.1. The molecule has 12 heteroatoms. The molecule has 0 aliphatic rings. The average molecular weight is 488 g/mol. The molecule has 180 valence electrons. The van der Waals surface area contributed by atoms with E-state index in [0.29, 0.717) is 21.5 Å². The van der Waals surface area contributed by atoms with Crippen LogP contribution in [0.15, 0.2) is 67.5 Å². The molecule has 0 fully saturated rings. The van der Waals surface area contributed by atoms with Crippen LogP contribution >= 0.6 is 0 Å². The number of hydrogen-bond acceptors (Lipinski definition) is 6. The monoisotopic (exact) mass is 488 g/mol. The Morgan fingerprint density at radius 1 is 0.914 bits per heavy atom. The summed E-state index contributed by atoms with van der Waals surface area (Å²) in [6.45, 7) is -2.75. The summed E-state index contributed by atoms with van der Waals surface area (Å²) >= 11 is 0. The van der Waals surface area contributed by atoms with E-state index in [4.69, 9.17) is 0 Å². The zero-order chi connectivity index (χ0) is 25.0. The first-order valence-electron chi connectivity index (χ1n) is 10.2. The van der Waals surface area contributed by atoms with E-state index in [0.717, 1.165) is 24.0 Å². The first kappa shape index (κ1) is 23.9. The van der Waals surface area contributed by atoms with Gasteiger partial charge in [0.25, 0.3) is 0 Å². The topological polar surface area (TPSA) is 85.6 Å². The van der Waals surface area contributed by atoms with Crippen molar-refractivity contribution in [3.63, 3.8) is 0 Å². The third-order valence-corrected chi connectivity index (χ3v) is 4.92. The quantitative estimate of drug-likeness (QED) is 0.341. The van der Waals surface area contributed by atoms with Gasteiger partial charge in [0.2, 0.25) is 5.95 Å². The van der Waals surface area contributed by atoms with E-state index in [9.17, 15) is 26.7 Å². The molecule has 1 aromatic carbocycles. The Balaban J connectivity index is 1.35. The molecule has 0 spiro atoms. The molecule has 7 nitrogen and oxygen atoms in total. The summed E-state index contributed by atoms with van der Waals surface area (Å²) in [6, 6.07) is 7.95. The van der Waals surface area contributed by atoms with Crippen molar-refractivity contribution in [3.8, 4) is 11.1 Å². The molecule has 0 bridgehead atoms. The van der Waals surface area contributed by atoms with E-state index in [-0.39, 0.29) is 30.1 Å². The molecule has 0 aliphatic carbocycles. The number of benzene rings is 1. The largest absolute Gasteiger partial charge is 0.417 e. The van der Waals surface area contributed by atoms with Gasteiger partial charge >= 0.3 is 12.7 Å². The summed E-state index contributed by atoms with van der Waals surface area (Å²) in [7, 11) is 0. The third kappa shape index (κ3) is 6.22. The van der Waals surface area contributed by atoms with Gasteiger partial charge in [-0.15, -0.1) is 0 Å². The van der Waals surface area contributed by atoms with Gasteiger partial charge in [-0.3, -0.25) is 9.78 Å². The zero-order valence-corrected chi connectivity index (χ0v) is 17.9. The average Bonchev–Trinajstić information content (AvgIpc) is 3.29. The fraction of sp³-hybridized carbons (Fsp3) is 0.174. The highest BCUT2D eigenvalue weighted by atomic mass is 19.4. The number of carbonyl (C=O) groups excluding carboxylic acids is 1. The SMILES string of the molecule is O=C(Cc1ccc(-c2cnc(Nc3cnn(C(F)F)c3)nc2)cc1)Cc1cncc(C(F)(F)F)c1. The molecule has 0 amide bonds. The first-order valence-corrected chi connectivity index (χ1v) is 10.2. The molecule has 1 N–H and O–H groups in total. The van der Waals surface area contributed by atoms with Crippen LogP contribution in [-0.4, -0.2) is 30.5 Å². The van der Waals surface area contributed by atoms with Crippen LogP contribution in [0, 0.1) is 0 Å². The van der Waals surface area contributed by atoms with Crippen LogP contribution in [0.5, 0.6) is 0 Å². The van der Waals surface area contributed by atoms with Crippen molar-refractivity contribution in [2.45, 2.75) is 25.6 Å². The number of nitrogens with one attached hydrogen (secondary N) is 1. The zero-order valence-electron chi connectivity index (χ0n) is 17.9. The predicted molar refractivity (Wildman–Crippen MR) is 116 cm³/mol. The second kappa shape index (κ2) is 9.95. The van der Waals surface area contributed by atoms with Crippen molar-refractivity contribution < 1.29 is 26.7 Å². The van der Waals surface area contributed by atoms with E-state index < -0.39 is 18.3 Å². The van der Waals surface area contributed by atoms with Gasteiger partial charge in [-0.2, -0.15) is 27.1 Å². The van der Waals surface area contributed by atoms with Crippen LogP contribution < -0.4 is 5.32 Å². The minimum atomic E-state index is -4.52. The van der Waals surface area contributed by atoms with Crippen LogP contribution in [-0.2, 0) is 23.8 Å². The highest BCUT2D eigenvalue weighted by Gasteiger charge is 2.31. The van der Waals surface area contributed by atoms with Crippen molar-refractivity contribution in [2.24, 2.45) is 0 Å². The highest BCUT2D eigenvalue weighted by Crippen LogP contribution is 2.29. The summed E-state index contributed by atoms with van der Waals surface area (Å²) in [5.74, 6) is -0.0401. The van der Waals surface area contributed by atoms with Gasteiger partial charge in [-0.1, -0.05) is 24.3 Å². The van der Waals surface area contributed by atoms with Crippen molar-refractivity contribution >= 4 is 17.4 Å². The second-order valence-corrected chi connectivity index (χ2v) is 7.58. The van der Waals surface area contributed by atoms with Crippen molar-refractivity contribution in [1.29, 1.82) is 0 Å². The smallest absolute Gasteiger partial charge is 0.321 e. The number of alkyl halides is 5. The lowest BCUT2D eigenvalue weighted by Crippen LogP contribution is -2.10. The van der Waals surface area contributed by atoms with Crippen LogP contribution in [0.2, 0.25) is 0 Å².